The number of rotatable bonds is 4. The van der Waals surface area contributed by atoms with E-state index in [1.54, 1.807) is 10.9 Å². The summed E-state index contributed by atoms with van der Waals surface area (Å²) in [7, 11) is 0. The molecule has 2 aromatic rings. The molecule has 0 fully saturated rings. The van der Waals surface area contributed by atoms with E-state index in [0.29, 0.717) is 18.2 Å². The molecular formula is C11H13N3O2S. The monoisotopic (exact) mass is 251 g/mol. The van der Waals surface area contributed by atoms with Crippen LogP contribution in [0.2, 0.25) is 0 Å². The molecule has 1 N–H and O–H groups in total. The van der Waals surface area contributed by atoms with Crippen LogP contribution in [0.5, 0.6) is 0 Å². The zero-order chi connectivity index (χ0) is 12.3. The first-order chi connectivity index (χ1) is 8.16. The Kier molecular flexibility index (Phi) is 3.53. The molecule has 2 heterocycles. The number of carbonyl (C=O) groups excluding carboxylic acids is 1. The highest BCUT2D eigenvalue weighted by Gasteiger charge is 2.10. The number of thiazole rings is 1. The van der Waals surface area contributed by atoms with Crippen LogP contribution < -0.4 is 5.32 Å². The Morgan fingerprint density at radius 3 is 3.00 bits per heavy atom. The number of nitrogens with zero attached hydrogens (tertiary/aromatic N) is 2. The lowest BCUT2D eigenvalue weighted by Crippen LogP contribution is -2.23. The van der Waals surface area contributed by atoms with Gasteiger partial charge in [-0.1, -0.05) is 19.0 Å². The maximum atomic E-state index is 11.6. The predicted octanol–water partition coefficient (Wildman–Crippen LogP) is 2.18. The van der Waals surface area contributed by atoms with Crippen LogP contribution in [0, 0.1) is 0 Å². The van der Waals surface area contributed by atoms with Crippen molar-refractivity contribution in [2.24, 2.45) is 0 Å². The van der Waals surface area contributed by atoms with Crippen molar-refractivity contribution in [2.45, 2.75) is 26.3 Å². The summed E-state index contributed by atoms with van der Waals surface area (Å²) >= 11 is 1.39. The van der Waals surface area contributed by atoms with Gasteiger partial charge in [0.25, 0.3) is 5.91 Å². The molecule has 17 heavy (non-hydrogen) atoms. The van der Waals surface area contributed by atoms with E-state index in [1.807, 2.05) is 19.9 Å². The second-order valence-electron chi connectivity index (χ2n) is 3.93. The summed E-state index contributed by atoms with van der Waals surface area (Å²) in [5.41, 5.74) is 2.78. The van der Waals surface area contributed by atoms with Crippen molar-refractivity contribution in [1.82, 2.24) is 15.5 Å². The number of amides is 1. The van der Waals surface area contributed by atoms with Crippen LogP contribution in [0.3, 0.4) is 0 Å². The Balaban J connectivity index is 1.91. The smallest absolute Gasteiger partial charge is 0.271 e. The molecule has 90 valence electrons. The average Bonchev–Trinajstić information content (AvgIpc) is 2.97. The molecule has 0 radical (unpaired) electrons. The molecular weight excluding hydrogens is 238 g/mol. The molecule has 2 aromatic heterocycles. The van der Waals surface area contributed by atoms with Crippen LogP contribution in [0.4, 0.5) is 0 Å². The molecule has 0 aliphatic rings. The summed E-state index contributed by atoms with van der Waals surface area (Å²) in [6, 6.07) is 1.85. The van der Waals surface area contributed by atoms with Crippen LogP contribution in [0.25, 0.3) is 0 Å². The molecule has 0 bridgehead atoms. The van der Waals surface area contributed by atoms with Gasteiger partial charge in [0.2, 0.25) is 0 Å². The summed E-state index contributed by atoms with van der Waals surface area (Å²) in [6.07, 6.45) is 0. The SMILES string of the molecule is CC(C)c1cc(CNC(=O)c2cscn2)no1. The summed E-state index contributed by atoms with van der Waals surface area (Å²) in [6.45, 7) is 4.41. The van der Waals surface area contributed by atoms with E-state index in [4.69, 9.17) is 4.52 Å². The van der Waals surface area contributed by atoms with Crippen molar-refractivity contribution in [3.8, 4) is 0 Å². The van der Waals surface area contributed by atoms with Gasteiger partial charge in [0, 0.05) is 17.4 Å². The van der Waals surface area contributed by atoms with E-state index in [0.717, 1.165) is 11.5 Å². The lowest BCUT2D eigenvalue weighted by molar-refractivity contribution is 0.0946. The first-order valence-electron chi connectivity index (χ1n) is 5.28. The first-order valence-corrected chi connectivity index (χ1v) is 6.23. The van der Waals surface area contributed by atoms with Gasteiger partial charge in [-0.25, -0.2) is 4.98 Å². The molecule has 0 spiro atoms. The van der Waals surface area contributed by atoms with Crippen LogP contribution in [-0.4, -0.2) is 16.0 Å². The zero-order valence-corrected chi connectivity index (χ0v) is 10.5. The lowest BCUT2D eigenvalue weighted by atomic mass is 10.1. The number of aromatic nitrogens is 2. The maximum absolute atomic E-state index is 11.6. The van der Waals surface area contributed by atoms with Gasteiger partial charge < -0.3 is 9.84 Å². The van der Waals surface area contributed by atoms with Crippen molar-refractivity contribution in [2.75, 3.05) is 0 Å². The fourth-order valence-electron chi connectivity index (χ4n) is 1.27. The van der Waals surface area contributed by atoms with Crippen molar-refractivity contribution < 1.29 is 9.32 Å². The van der Waals surface area contributed by atoms with Crippen molar-refractivity contribution in [3.05, 3.63) is 34.1 Å². The quantitative estimate of drug-likeness (QED) is 0.904. The Morgan fingerprint density at radius 2 is 2.41 bits per heavy atom. The van der Waals surface area contributed by atoms with Crippen molar-refractivity contribution in [3.63, 3.8) is 0 Å². The third-order valence-electron chi connectivity index (χ3n) is 2.24. The number of hydrogen-bond donors (Lipinski definition) is 1. The van der Waals surface area contributed by atoms with Gasteiger partial charge >= 0.3 is 0 Å². The highest BCUT2D eigenvalue weighted by Crippen LogP contribution is 2.14. The van der Waals surface area contributed by atoms with E-state index in [-0.39, 0.29) is 5.91 Å². The third kappa shape index (κ3) is 2.91. The Morgan fingerprint density at radius 1 is 1.59 bits per heavy atom. The van der Waals surface area contributed by atoms with Gasteiger partial charge in [0.15, 0.2) is 0 Å². The van der Waals surface area contributed by atoms with Crippen LogP contribution >= 0.6 is 11.3 Å². The number of carbonyl (C=O) groups is 1. The lowest BCUT2D eigenvalue weighted by Gasteiger charge is -1.98. The van der Waals surface area contributed by atoms with Gasteiger partial charge in [0.1, 0.15) is 17.1 Å². The fraction of sp³-hybridized carbons (Fsp3) is 0.364. The van der Waals surface area contributed by atoms with Gasteiger partial charge in [-0.05, 0) is 0 Å². The van der Waals surface area contributed by atoms with Crippen LogP contribution in [0.1, 0.15) is 41.7 Å². The van der Waals surface area contributed by atoms with E-state index in [2.05, 4.69) is 15.5 Å². The fourth-order valence-corrected chi connectivity index (χ4v) is 1.80. The summed E-state index contributed by atoms with van der Waals surface area (Å²) in [5.74, 6) is 0.925. The molecule has 0 saturated heterocycles. The van der Waals surface area contributed by atoms with Crippen molar-refractivity contribution >= 4 is 17.2 Å². The standard InChI is InChI=1S/C11H13N3O2S/c1-7(2)10-3-8(14-16-10)4-12-11(15)9-5-17-6-13-9/h3,5-7H,4H2,1-2H3,(H,12,15). The third-order valence-corrected chi connectivity index (χ3v) is 2.83. The Hall–Kier alpha value is -1.69. The molecule has 2 rings (SSSR count). The Bertz CT molecular complexity index is 491. The number of hydrogen-bond acceptors (Lipinski definition) is 5. The molecule has 0 saturated carbocycles. The minimum Gasteiger partial charge on any atom is -0.361 e. The zero-order valence-electron chi connectivity index (χ0n) is 9.64. The molecule has 1 amide bonds. The summed E-state index contributed by atoms with van der Waals surface area (Å²) in [4.78, 5) is 15.5. The number of nitrogens with one attached hydrogen (secondary N) is 1. The normalized spacial score (nSPS) is 10.8. The molecule has 5 nitrogen and oxygen atoms in total. The largest absolute Gasteiger partial charge is 0.361 e. The molecule has 0 aliphatic carbocycles. The van der Waals surface area contributed by atoms with Crippen LogP contribution in [-0.2, 0) is 6.54 Å². The molecule has 0 aromatic carbocycles. The summed E-state index contributed by atoms with van der Waals surface area (Å²) < 4.78 is 5.13. The minimum atomic E-state index is -0.194. The molecule has 0 aliphatic heterocycles. The Labute approximate surface area is 103 Å². The van der Waals surface area contributed by atoms with Crippen molar-refractivity contribution in [1.29, 1.82) is 0 Å². The molecule has 0 atom stereocenters. The van der Waals surface area contributed by atoms with Crippen LogP contribution in [0.15, 0.2) is 21.5 Å². The minimum absolute atomic E-state index is 0.194. The highest BCUT2D eigenvalue weighted by molar-refractivity contribution is 7.07. The second-order valence-corrected chi connectivity index (χ2v) is 4.65. The summed E-state index contributed by atoms with van der Waals surface area (Å²) in [5, 5.41) is 8.33. The van der Waals surface area contributed by atoms with Gasteiger partial charge in [-0.15, -0.1) is 11.3 Å². The highest BCUT2D eigenvalue weighted by atomic mass is 32.1. The predicted molar refractivity (Wildman–Crippen MR) is 63.9 cm³/mol. The van der Waals surface area contributed by atoms with Gasteiger partial charge in [-0.2, -0.15) is 0 Å². The molecule has 6 heteroatoms. The first kappa shape index (κ1) is 11.8. The van der Waals surface area contributed by atoms with E-state index in [9.17, 15) is 4.79 Å². The second kappa shape index (κ2) is 5.09. The van der Waals surface area contributed by atoms with Gasteiger partial charge in [0.05, 0.1) is 12.1 Å². The van der Waals surface area contributed by atoms with E-state index in [1.165, 1.54) is 11.3 Å². The topological polar surface area (TPSA) is 68.0 Å². The van der Waals surface area contributed by atoms with E-state index < -0.39 is 0 Å². The van der Waals surface area contributed by atoms with E-state index >= 15 is 0 Å². The maximum Gasteiger partial charge on any atom is 0.271 e. The van der Waals surface area contributed by atoms with Gasteiger partial charge in [-0.3, -0.25) is 4.79 Å². The average molecular weight is 251 g/mol. The molecule has 0 unspecified atom stereocenters.